The van der Waals surface area contributed by atoms with E-state index in [1.807, 2.05) is 19.1 Å². The van der Waals surface area contributed by atoms with Gasteiger partial charge in [-0.25, -0.2) is 0 Å². The molecule has 102 valence electrons. The molecule has 0 aliphatic heterocycles. The number of hydrogen-bond donors (Lipinski definition) is 2. The summed E-state index contributed by atoms with van der Waals surface area (Å²) in [6.07, 6.45) is 0. The first-order chi connectivity index (χ1) is 8.52. The summed E-state index contributed by atoms with van der Waals surface area (Å²) in [5, 5.41) is 13.5. The predicted octanol–water partition coefficient (Wildman–Crippen LogP) is 3.56. The maximum atomic E-state index is 9.14. The number of nitrogens with one attached hydrogen (secondary N) is 1. The predicted molar refractivity (Wildman–Crippen MR) is 80.4 cm³/mol. The highest BCUT2D eigenvalue weighted by Gasteiger charge is 2.08. The second kappa shape index (κ2) is 8.05. The molecule has 1 aromatic rings. The molecule has 2 N–H and O–H groups in total. The van der Waals surface area contributed by atoms with E-state index in [4.69, 9.17) is 16.7 Å². The van der Waals surface area contributed by atoms with Crippen LogP contribution in [0.2, 0.25) is 5.02 Å². The maximum absolute atomic E-state index is 9.14. The minimum atomic E-state index is 0.177. The Morgan fingerprint density at radius 1 is 1.33 bits per heavy atom. The summed E-state index contributed by atoms with van der Waals surface area (Å²) in [6, 6.07) is 5.95. The van der Waals surface area contributed by atoms with Crippen molar-refractivity contribution in [2.45, 2.75) is 37.5 Å². The number of aliphatic hydroxyl groups excluding tert-OH is 1. The van der Waals surface area contributed by atoms with Crippen molar-refractivity contribution >= 4 is 23.4 Å². The van der Waals surface area contributed by atoms with Crippen molar-refractivity contribution in [3.63, 3.8) is 0 Å². The van der Waals surface area contributed by atoms with Gasteiger partial charge in [0.05, 0.1) is 6.61 Å². The Balaban J connectivity index is 2.70. The van der Waals surface area contributed by atoms with E-state index in [0.717, 1.165) is 23.0 Å². The molecule has 0 bridgehead atoms. The lowest BCUT2D eigenvalue weighted by molar-refractivity contribution is 0.300. The molecule has 0 aliphatic carbocycles. The number of aliphatic hydroxyl groups is 1. The molecule has 2 nitrogen and oxygen atoms in total. The van der Waals surface area contributed by atoms with Gasteiger partial charge in [-0.3, -0.25) is 0 Å². The molecule has 1 aromatic carbocycles. The van der Waals surface area contributed by atoms with Crippen molar-refractivity contribution in [3.05, 3.63) is 28.8 Å². The Morgan fingerprint density at radius 2 is 2.06 bits per heavy atom. The van der Waals surface area contributed by atoms with Crippen LogP contribution in [0.5, 0.6) is 0 Å². The van der Waals surface area contributed by atoms with Gasteiger partial charge >= 0.3 is 0 Å². The van der Waals surface area contributed by atoms with E-state index in [1.165, 1.54) is 5.56 Å². The number of rotatable bonds is 7. The molecule has 18 heavy (non-hydrogen) atoms. The van der Waals surface area contributed by atoms with Crippen LogP contribution in [-0.4, -0.2) is 23.5 Å². The van der Waals surface area contributed by atoms with Crippen LogP contribution in [0.25, 0.3) is 0 Å². The summed E-state index contributed by atoms with van der Waals surface area (Å²) >= 11 is 7.70. The van der Waals surface area contributed by atoms with Crippen molar-refractivity contribution in [1.29, 1.82) is 0 Å². The highest BCUT2D eigenvalue weighted by atomic mass is 35.5. The standard InChI is InChI=1S/C14H22ClNOS/c1-10(2)7-16-8-12-4-5-13(15)6-14(12)18-11(3)9-17/h4-6,10-11,16-17H,7-9H2,1-3H3. The second-order valence-electron chi connectivity index (χ2n) is 4.89. The fourth-order valence-corrected chi connectivity index (χ4v) is 2.77. The van der Waals surface area contributed by atoms with Gasteiger partial charge in [-0.15, -0.1) is 11.8 Å². The number of halogens is 1. The van der Waals surface area contributed by atoms with Crippen molar-refractivity contribution in [2.75, 3.05) is 13.2 Å². The Kier molecular flexibility index (Phi) is 7.08. The molecule has 0 spiro atoms. The topological polar surface area (TPSA) is 32.3 Å². The fourth-order valence-electron chi connectivity index (χ4n) is 1.53. The fraction of sp³-hybridized carbons (Fsp3) is 0.571. The Bertz CT molecular complexity index is 371. The highest BCUT2D eigenvalue weighted by Crippen LogP contribution is 2.29. The molecule has 0 aromatic heterocycles. The average molecular weight is 288 g/mol. The lowest BCUT2D eigenvalue weighted by Crippen LogP contribution is -2.19. The van der Waals surface area contributed by atoms with Crippen LogP contribution < -0.4 is 5.32 Å². The van der Waals surface area contributed by atoms with Crippen molar-refractivity contribution in [1.82, 2.24) is 5.32 Å². The quantitative estimate of drug-likeness (QED) is 0.752. The third kappa shape index (κ3) is 5.61. The molecule has 0 aliphatic rings. The van der Waals surface area contributed by atoms with Gasteiger partial charge in [0, 0.05) is 21.7 Å². The number of benzene rings is 1. The minimum Gasteiger partial charge on any atom is -0.395 e. The van der Waals surface area contributed by atoms with Crippen LogP contribution in [0.1, 0.15) is 26.3 Å². The van der Waals surface area contributed by atoms with E-state index in [2.05, 4.69) is 25.2 Å². The minimum absolute atomic E-state index is 0.177. The summed E-state index contributed by atoms with van der Waals surface area (Å²) in [7, 11) is 0. The van der Waals surface area contributed by atoms with Crippen LogP contribution in [0.3, 0.4) is 0 Å². The van der Waals surface area contributed by atoms with Gasteiger partial charge in [-0.05, 0) is 30.2 Å². The Morgan fingerprint density at radius 3 is 2.67 bits per heavy atom. The first kappa shape index (κ1) is 15.8. The van der Waals surface area contributed by atoms with Gasteiger partial charge in [0.25, 0.3) is 0 Å². The zero-order valence-corrected chi connectivity index (χ0v) is 12.8. The molecule has 0 amide bonds. The van der Waals surface area contributed by atoms with Crippen LogP contribution in [-0.2, 0) is 6.54 Å². The van der Waals surface area contributed by atoms with Crippen LogP contribution in [0.4, 0.5) is 0 Å². The monoisotopic (exact) mass is 287 g/mol. The number of hydrogen-bond acceptors (Lipinski definition) is 3. The molecule has 0 heterocycles. The van der Waals surface area contributed by atoms with E-state index in [1.54, 1.807) is 11.8 Å². The van der Waals surface area contributed by atoms with E-state index in [-0.39, 0.29) is 11.9 Å². The Labute approximate surface area is 119 Å². The Hall–Kier alpha value is -0.220. The van der Waals surface area contributed by atoms with Gasteiger partial charge in [0.2, 0.25) is 0 Å². The van der Waals surface area contributed by atoms with E-state index < -0.39 is 0 Å². The summed E-state index contributed by atoms with van der Waals surface area (Å²) in [6.45, 7) is 8.42. The molecular formula is C14H22ClNOS. The molecule has 0 radical (unpaired) electrons. The lowest BCUT2D eigenvalue weighted by atomic mass is 10.2. The van der Waals surface area contributed by atoms with Gasteiger partial charge < -0.3 is 10.4 Å². The first-order valence-electron chi connectivity index (χ1n) is 6.29. The van der Waals surface area contributed by atoms with Gasteiger partial charge in [-0.1, -0.05) is 38.4 Å². The molecule has 0 saturated carbocycles. The second-order valence-corrected chi connectivity index (χ2v) is 6.80. The summed E-state index contributed by atoms with van der Waals surface area (Å²) < 4.78 is 0. The van der Waals surface area contributed by atoms with Gasteiger partial charge in [0.15, 0.2) is 0 Å². The summed E-state index contributed by atoms with van der Waals surface area (Å²) in [5.41, 5.74) is 1.24. The van der Waals surface area contributed by atoms with Crippen molar-refractivity contribution < 1.29 is 5.11 Å². The normalized spacial score (nSPS) is 13.0. The van der Waals surface area contributed by atoms with Crippen molar-refractivity contribution in [3.8, 4) is 0 Å². The summed E-state index contributed by atoms with van der Waals surface area (Å²) in [4.78, 5) is 1.15. The van der Waals surface area contributed by atoms with Gasteiger partial charge in [-0.2, -0.15) is 0 Å². The average Bonchev–Trinajstić information content (AvgIpc) is 2.31. The van der Waals surface area contributed by atoms with Crippen LogP contribution in [0, 0.1) is 5.92 Å². The molecule has 0 saturated heterocycles. The molecule has 1 rings (SSSR count). The molecule has 0 fully saturated rings. The SMILES string of the molecule is CC(C)CNCc1ccc(Cl)cc1SC(C)CO. The van der Waals surface area contributed by atoms with E-state index >= 15 is 0 Å². The maximum Gasteiger partial charge on any atom is 0.0550 e. The largest absolute Gasteiger partial charge is 0.395 e. The van der Waals surface area contributed by atoms with Crippen molar-refractivity contribution in [2.24, 2.45) is 5.92 Å². The molecular weight excluding hydrogens is 266 g/mol. The van der Waals surface area contributed by atoms with Gasteiger partial charge in [0.1, 0.15) is 0 Å². The molecule has 4 heteroatoms. The smallest absolute Gasteiger partial charge is 0.0550 e. The van der Waals surface area contributed by atoms with E-state index in [9.17, 15) is 0 Å². The first-order valence-corrected chi connectivity index (χ1v) is 7.55. The van der Waals surface area contributed by atoms with E-state index in [0.29, 0.717) is 5.92 Å². The highest BCUT2D eigenvalue weighted by molar-refractivity contribution is 8.00. The number of thioether (sulfide) groups is 1. The van der Waals surface area contributed by atoms with Crippen LogP contribution in [0.15, 0.2) is 23.1 Å². The van der Waals surface area contributed by atoms with Crippen LogP contribution >= 0.6 is 23.4 Å². The summed E-state index contributed by atoms with van der Waals surface area (Å²) in [5.74, 6) is 0.643. The zero-order valence-electron chi connectivity index (χ0n) is 11.2. The zero-order chi connectivity index (χ0) is 13.5. The molecule has 1 atom stereocenters. The molecule has 1 unspecified atom stereocenters. The lowest BCUT2D eigenvalue weighted by Gasteiger charge is -2.14. The third-order valence-corrected chi connectivity index (χ3v) is 3.90. The third-order valence-electron chi connectivity index (χ3n) is 2.48.